The fourth-order valence-corrected chi connectivity index (χ4v) is 2.75. The second-order valence-corrected chi connectivity index (χ2v) is 5.58. The van der Waals surface area contributed by atoms with E-state index in [1.165, 1.54) is 16.2 Å². The number of aromatic nitrogens is 2. The Hall–Kier alpha value is -1.79. The first-order chi connectivity index (χ1) is 9.28. The maximum Gasteiger partial charge on any atom is 0.272 e. The molecule has 6 heteroatoms. The van der Waals surface area contributed by atoms with E-state index in [-0.39, 0.29) is 5.75 Å². The molecule has 0 bridgehead atoms. The molecule has 0 radical (unpaired) electrons. The largest absolute Gasteiger partial charge is 0.506 e. The zero-order chi connectivity index (χ0) is 13.2. The Bertz CT molecular complexity index is 689. The summed E-state index contributed by atoms with van der Waals surface area (Å²) >= 11 is 3.05. The minimum absolute atomic E-state index is 0.165. The molecule has 1 aromatic carbocycles. The summed E-state index contributed by atoms with van der Waals surface area (Å²) in [4.78, 5) is 6.09. The number of thioether (sulfide) groups is 1. The summed E-state index contributed by atoms with van der Waals surface area (Å²) < 4.78 is 5.18. The van der Waals surface area contributed by atoms with Crippen LogP contribution in [-0.2, 0) is 0 Å². The molecular formula is C13H10N2O2S2. The van der Waals surface area contributed by atoms with Gasteiger partial charge in [-0.05, 0) is 42.0 Å². The molecule has 0 fully saturated rings. The summed E-state index contributed by atoms with van der Waals surface area (Å²) in [5.41, 5.74) is 0.892. The summed E-state index contributed by atoms with van der Waals surface area (Å²) in [7, 11) is 0. The molecule has 0 aliphatic rings. The first-order valence-electron chi connectivity index (χ1n) is 5.53. The zero-order valence-corrected chi connectivity index (χ0v) is 11.7. The Morgan fingerprint density at radius 3 is 2.63 bits per heavy atom. The minimum atomic E-state index is 0.165. The lowest BCUT2D eigenvalue weighted by Gasteiger charge is -1.96. The number of hydrogen-bond donors (Lipinski definition) is 1. The summed E-state index contributed by atoms with van der Waals surface area (Å²) in [6, 6.07) is 9.54. The van der Waals surface area contributed by atoms with Crippen molar-refractivity contribution in [1.82, 2.24) is 10.1 Å². The van der Waals surface area contributed by atoms with Crippen molar-refractivity contribution in [2.75, 3.05) is 6.26 Å². The Morgan fingerprint density at radius 1 is 1.21 bits per heavy atom. The molecule has 1 N–H and O–H groups in total. The molecule has 0 spiro atoms. The van der Waals surface area contributed by atoms with E-state index in [4.69, 9.17) is 4.52 Å². The standard InChI is InChI=1S/C13H10N2O2S2/c1-18-9-4-2-8(3-5-9)12-14-13(17-15-12)11-10(16)6-7-19-11/h2-7,16H,1H3. The van der Waals surface area contributed by atoms with Gasteiger partial charge in [0.05, 0.1) is 0 Å². The molecule has 0 atom stereocenters. The maximum atomic E-state index is 9.63. The van der Waals surface area contributed by atoms with Gasteiger partial charge >= 0.3 is 0 Å². The Morgan fingerprint density at radius 2 is 2.00 bits per heavy atom. The molecule has 0 amide bonds. The number of benzene rings is 1. The average Bonchev–Trinajstić information content (AvgIpc) is 3.07. The van der Waals surface area contributed by atoms with Crippen LogP contribution in [0.25, 0.3) is 22.2 Å². The van der Waals surface area contributed by atoms with E-state index in [0.29, 0.717) is 16.6 Å². The summed E-state index contributed by atoms with van der Waals surface area (Å²) in [5, 5.41) is 15.4. The van der Waals surface area contributed by atoms with Gasteiger partial charge < -0.3 is 9.63 Å². The van der Waals surface area contributed by atoms with Gasteiger partial charge in [-0.1, -0.05) is 5.16 Å². The van der Waals surface area contributed by atoms with E-state index < -0.39 is 0 Å². The fraction of sp³-hybridized carbons (Fsp3) is 0.0769. The Kier molecular flexibility index (Phi) is 3.27. The fourth-order valence-electron chi connectivity index (χ4n) is 1.64. The lowest BCUT2D eigenvalue weighted by atomic mass is 10.2. The van der Waals surface area contributed by atoms with Crippen LogP contribution in [0.4, 0.5) is 0 Å². The van der Waals surface area contributed by atoms with Crippen LogP contribution in [0.3, 0.4) is 0 Å². The number of aromatic hydroxyl groups is 1. The quantitative estimate of drug-likeness (QED) is 0.741. The molecule has 19 heavy (non-hydrogen) atoms. The third-order valence-electron chi connectivity index (χ3n) is 2.61. The van der Waals surface area contributed by atoms with Gasteiger partial charge in [-0.3, -0.25) is 0 Å². The Balaban J connectivity index is 1.94. The van der Waals surface area contributed by atoms with Crippen molar-refractivity contribution in [1.29, 1.82) is 0 Å². The van der Waals surface area contributed by atoms with Crippen LogP contribution in [0.1, 0.15) is 0 Å². The maximum absolute atomic E-state index is 9.63. The minimum Gasteiger partial charge on any atom is -0.506 e. The number of nitrogens with zero attached hydrogens (tertiary/aromatic N) is 2. The van der Waals surface area contributed by atoms with Gasteiger partial charge in [-0.15, -0.1) is 23.1 Å². The van der Waals surface area contributed by atoms with E-state index in [0.717, 1.165) is 5.56 Å². The van der Waals surface area contributed by atoms with Crippen molar-refractivity contribution in [3.8, 4) is 27.9 Å². The molecule has 0 unspecified atom stereocenters. The smallest absolute Gasteiger partial charge is 0.272 e. The SMILES string of the molecule is CSc1ccc(-c2noc(-c3sccc3O)n2)cc1. The van der Waals surface area contributed by atoms with Crippen molar-refractivity contribution >= 4 is 23.1 Å². The molecular weight excluding hydrogens is 280 g/mol. The highest BCUT2D eigenvalue weighted by atomic mass is 32.2. The number of thiophene rings is 1. The molecule has 0 aliphatic heterocycles. The third-order valence-corrected chi connectivity index (χ3v) is 4.25. The predicted molar refractivity (Wildman–Crippen MR) is 76.5 cm³/mol. The van der Waals surface area contributed by atoms with E-state index in [1.807, 2.05) is 30.5 Å². The molecule has 3 rings (SSSR count). The zero-order valence-electron chi connectivity index (χ0n) is 10.0. The number of hydrogen-bond acceptors (Lipinski definition) is 6. The molecule has 0 aliphatic carbocycles. The lowest BCUT2D eigenvalue weighted by Crippen LogP contribution is -1.80. The van der Waals surface area contributed by atoms with Gasteiger partial charge in [0.15, 0.2) is 0 Å². The van der Waals surface area contributed by atoms with E-state index in [1.54, 1.807) is 23.2 Å². The van der Waals surface area contributed by atoms with Gasteiger partial charge in [-0.2, -0.15) is 4.98 Å². The van der Waals surface area contributed by atoms with Crippen LogP contribution in [0.5, 0.6) is 5.75 Å². The van der Waals surface area contributed by atoms with Gasteiger partial charge in [0.25, 0.3) is 5.89 Å². The van der Waals surface area contributed by atoms with Crippen molar-refractivity contribution in [2.45, 2.75) is 4.90 Å². The topological polar surface area (TPSA) is 59.2 Å². The molecule has 2 heterocycles. The number of rotatable bonds is 3. The van der Waals surface area contributed by atoms with Crippen LogP contribution in [-0.4, -0.2) is 21.5 Å². The van der Waals surface area contributed by atoms with E-state index in [9.17, 15) is 5.11 Å². The molecule has 96 valence electrons. The normalized spacial score (nSPS) is 10.8. The van der Waals surface area contributed by atoms with Gasteiger partial charge in [0.2, 0.25) is 5.82 Å². The molecule has 3 aromatic rings. The first-order valence-corrected chi connectivity index (χ1v) is 7.63. The second-order valence-electron chi connectivity index (χ2n) is 3.79. The van der Waals surface area contributed by atoms with E-state index >= 15 is 0 Å². The van der Waals surface area contributed by atoms with Crippen LogP contribution in [0, 0.1) is 0 Å². The molecule has 2 aromatic heterocycles. The van der Waals surface area contributed by atoms with Crippen molar-refractivity contribution in [3.05, 3.63) is 35.7 Å². The van der Waals surface area contributed by atoms with Gasteiger partial charge in [-0.25, -0.2) is 0 Å². The highest BCUT2D eigenvalue weighted by Gasteiger charge is 2.14. The average molecular weight is 290 g/mol. The third kappa shape index (κ3) is 2.36. The highest BCUT2D eigenvalue weighted by molar-refractivity contribution is 7.98. The van der Waals surface area contributed by atoms with E-state index in [2.05, 4.69) is 10.1 Å². The van der Waals surface area contributed by atoms with Crippen LogP contribution >= 0.6 is 23.1 Å². The first kappa shape index (κ1) is 12.3. The van der Waals surface area contributed by atoms with Crippen molar-refractivity contribution < 1.29 is 9.63 Å². The van der Waals surface area contributed by atoms with Gasteiger partial charge in [0.1, 0.15) is 10.6 Å². The summed E-state index contributed by atoms with van der Waals surface area (Å²) in [6.07, 6.45) is 2.03. The Labute approximate surface area is 118 Å². The monoisotopic (exact) mass is 290 g/mol. The van der Waals surface area contributed by atoms with Gasteiger partial charge in [0, 0.05) is 10.5 Å². The predicted octanol–water partition coefficient (Wildman–Crippen LogP) is 3.89. The highest BCUT2D eigenvalue weighted by Crippen LogP contribution is 2.34. The van der Waals surface area contributed by atoms with Crippen LogP contribution < -0.4 is 0 Å². The molecule has 0 saturated carbocycles. The van der Waals surface area contributed by atoms with Crippen LogP contribution in [0.2, 0.25) is 0 Å². The summed E-state index contributed by atoms with van der Waals surface area (Å²) in [5.74, 6) is 1.03. The second kappa shape index (κ2) is 5.07. The molecule has 0 saturated heterocycles. The molecule has 4 nitrogen and oxygen atoms in total. The summed E-state index contributed by atoms with van der Waals surface area (Å²) in [6.45, 7) is 0. The van der Waals surface area contributed by atoms with Crippen molar-refractivity contribution in [2.24, 2.45) is 0 Å². The lowest BCUT2D eigenvalue weighted by molar-refractivity contribution is 0.427. The van der Waals surface area contributed by atoms with Crippen molar-refractivity contribution in [3.63, 3.8) is 0 Å². The van der Waals surface area contributed by atoms with Crippen LogP contribution in [0.15, 0.2) is 45.1 Å².